The van der Waals surface area contributed by atoms with Crippen molar-refractivity contribution >= 4 is 11.8 Å². The van der Waals surface area contributed by atoms with Gasteiger partial charge in [0.05, 0.1) is 5.69 Å². The topological polar surface area (TPSA) is 84.0 Å². The number of azide groups is 1. The van der Waals surface area contributed by atoms with Crippen LogP contribution >= 0.6 is 0 Å². The molecule has 0 heterocycles. The molecule has 1 aromatic carbocycles. The average molecular weight is 258 g/mol. The molecule has 0 amide bonds. The molecule has 5 nitrogen and oxygen atoms in total. The van der Waals surface area contributed by atoms with E-state index in [9.17, 15) is 13.2 Å². The van der Waals surface area contributed by atoms with Crippen molar-refractivity contribution in [3.05, 3.63) is 40.3 Å². The first-order chi connectivity index (χ1) is 8.42. The van der Waals surface area contributed by atoms with Crippen LogP contribution in [0.2, 0.25) is 0 Å². The number of benzene rings is 1. The van der Waals surface area contributed by atoms with Crippen LogP contribution in [0.3, 0.4) is 0 Å². The lowest BCUT2D eigenvalue weighted by Gasteiger charge is -2.11. The Morgan fingerprint density at radius 2 is 2.17 bits per heavy atom. The van der Waals surface area contributed by atoms with Crippen molar-refractivity contribution < 1.29 is 17.9 Å². The molecule has 2 N–H and O–H groups in total. The van der Waals surface area contributed by atoms with Crippen LogP contribution in [0.5, 0.6) is 5.75 Å². The van der Waals surface area contributed by atoms with Crippen molar-refractivity contribution in [1.29, 1.82) is 0 Å². The minimum absolute atomic E-state index is 0.127. The van der Waals surface area contributed by atoms with Crippen LogP contribution in [-0.2, 0) is 0 Å². The second kappa shape index (κ2) is 5.83. The third kappa shape index (κ3) is 4.67. The highest BCUT2D eigenvalue weighted by atomic mass is 19.4. The molecule has 0 radical (unpaired) electrons. The summed E-state index contributed by atoms with van der Waals surface area (Å²) < 4.78 is 39.6. The van der Waals surface area contributed by atoms with Crippen molar-refractivity contribution in [1.82, 2.24) is 0 Å². The highest BCUT2D eigenvalue weighted by Crippen LogP contribution is 2.29. The molecule has 0 aliphatic heterocycles. The second-order valence-electron chi connectivity index (χ2n) is 3.16. The van der Waals surface area contributed by atoms with Crippen molar-refractivity contribution in [3.8, 4) is 5.75 Å². The van der Waals surface area contributed by atoms with Crippen LogP contribution in [0.25, 0.3) is 16.5 Å². The first-order valence-electron chi connectivity index (χ1n) is 4.75. The molecule has 0 saturated carbocycles. The van der Waals surface area contributed by atoms with Gasteiger partial charge in [-0.15, -0.1) is 13.2 Å². The van der Waals surface area contributed by atoms with E-state index in [0.717, 1.165) is 6.07 Å². The summed E-state index contributed by atoms with van der Waals surface area (Å²) in [7, 11) is 0. The van der Waals surface area contributed by atoms with Crippen LogP contribution in [0, 0.1) is 0 Å². The lowest BCUT2D eigenvalue weighted by Crippen LogP contribution is -2.18. The summed E-state index contributed by atoms with van der Waals surface area (Å²) in [5.41, 5.74) is 13.9. The molecule has 0 aliphatic carbocycles. The van der Waals surface area contributed by atoms with E-state index < -0.39 is 12.1 Å². The molecule has 0 atom stereocenters. The number of hydrogen-bond donors (Lipinski definition) is 1. The highest BCUT2D eigenvalue weighted by molar-refractivity contribution is 5.62. The van der Waals surface area contributed by atoms with E-state index in [1.807, 2.05) is 0 Å². The Balaban J connectivity index is 2.79. The Kier molecular flexibility index (Phi) is 4.45. The lowest BCUT2D eigenvalue weighted by atomic mass is 10.2. The van der Waals surface area contributed by atoms with Gasteiger partial charge in [0.2, 0.25) is 0 Å². The van der Waals surface area contributed by atoms with Crippen LogP contribution in [-0.4, -0.2) is 12.9 Å². The maximum atomic E-state index is 12.0. The molecular formula is C10H9F3N4O. The van der Waals surface area contributed by atoms with Crippen molar-refractivity contribution in [3.63, 3.8) is 0 Å². The molecule has 0 unspecified atom stereocenters. The zero-order chi connectivity index (χ0) is 13.6. The molecule has 1 rings (SSSR count). The van der Waals surface area contributed by atoms with Crippen LogP contribution in [0.4, 0.5) is 18.9 Å². The first kappa shape index (κ1) is 13.7. The van der Waals surface area contributed by atoms with Crippen LogP contribution < -0.4 is 10.5 Å². The quantitative estimate of drug-likeness (QED) is 0.388. The SMILES string of the molecule is [N-]=[N+]=NCC=Cc1ccc(OC(F)(F)F)c(N)c1. The maximum absolute atomic E-state index is 12.0. The Labute approximate surface area is 100 Å². The summed E-state index contributed by atoms with van der Waals surface area (Å²) in [5, 5.41) is 3.26. The van der Waals surface area contributed by atoms with E-state index in [1.54, 1.807) is 12.2 Å². The first-order valence-corrected chi connectivity index (χ1v) is 4.75. The highest BCUT2D eigenvalue weighted by Gasteiger charge is 2.31. The normalized spacial score (nSPS) is 11.3. The molecule has 18 heavy (non-hydrogen) atoms. The monoisotopic (exact) mass is 258 g/mol. The Hall–Kier alpha value is -2.34. The van der Waals surface area contributed by atoms with E-state index in [-0.39, 0.29) is 12.2 Å². The van der Waals surface area contributed by atoms with Crippen LogP contribution in [0.15, 0.2) is 29.4 Å². The van der Waals surface area contributed by atoms with E-state index in [2.05, 4.69) is 14.8 Å². The van der Waals surface area contributed by atoms with Gasteiger partial charge >= 0.3 is 6.36 Å². The minimum Gasteiger partial charge on any atom is -0.404 e. The molecule has 0 fully saturated rings. The molecule has 0 spiro atoms. The van der Waals surface area contributed by atoms with Crippen molar-refractivity contribution in [2.45, 2.75) is 6.36 Å². The standard InChI is InChI=1S/C10H9F3N4O/c11-10(12,13)18-9-4-3-7(6-8(9)14)2-1-5-16-17-15/h1-4,6H,5,14H2. The number of alkyl halides is 3. The van der Waals surface area contributed by atoms with Gasteiger partial charge in [-0.3, -0.25) is 0 Å². The zero-order valence-corrected chi connectivity index (χ0v) is 9.05. The van der Waals surface area contributed by atoms with E-state index in [4.69, 9.17) is 11.3 Å². The number of hydrogen-bond acceptors (Lipinski definition) is 3. The molecule has 0 saturated heterocycles. The molecule has 0 bridgehead atoms. The molecule has 1 aromatic rings. The smallest absolute Gasteiger partial charge is 0.404 e. The number of nitrogens with zero attached hydrogens (tertiary/aromatic N) is 3. The van der Waals surface area contributed by atoms with E-state index in [1.165, 1.54) is 12.1 Å². The fourth-order valence-corrected chi connectivity index (χ4v) is 1.16. The molecule has 8 heteroatoms. The van der Waals surface area contributed by atoms with Gasteiger partial charge in [-0.2, -0.15) is 0 Å². The van der Waals surface area contributed by atoms with Gasteiger partial charge < -0.3 is 10.5 Å². The fourth-order valence-electron chi connectivity index (χ4n) is 1.16. The second-order valence-corrected chi connectivity index (χ2v) is 3.16. The lowest BCUT2D eigenvalue weighted by molar-refractivity contribution is -0.274. The van der Waals surface area contributed by atoms with Gasteiger partial charge in [0, 0.05) is 11.5 Å². The van der Waals surface area contributed by atoms with Gasteiger partial charge in [-0.05, 0) is 23.2 Å². The summed E-state index contributed by atoms with van der Waals surface area (Å²) >= 11 is 0. The predicted molar refractivity (Wildman–Crippen MR) is 60.6 cm³/mol. The van der Waals surface area contributed by atoms with Crippen molar-refractivity contribution in [2.24, 2.45) is 5.11 Å². The number of nitrogens with two attached hydrogens (primary N) is 1. The number of halogens is 3. The Bertz CT molecular complexity index is 492. The Morgan fingerprint density at radius 3 is 2.72 bits per heavy atom. The Morgan fingerprint density at radius 1 is 1.44 bits per heavy atom. The summed E-state index contributed by atoms with van der Waals surface area (Å²) in [6.45, 7) is 0.150. The third-order valence-corrected chi connectivity index (χ3v) is 1.82. The summed E-state index contributed by atoms with van der Waals surface area (Å²) in [5.74, 6) is -0.449. The van der Waals surface area contributed by atoms with Crippen molar-refractivity contribution in [2.75, 3.05) is 12.3 Å². The van der Waals surface area contributed by atoms with E-state index in [0.29, 0.717) is 5.56 Å². The molecule has 0 aromatic heterocycles. The fraction of sp³-hybridized carbons (Fsp3) is 0.200. The summed E-state index contributed by atoms with van der Waals surface area (Å²) in [4.78, 5) is 2.54. The largest absolute Gasteiger partial charge is 0.573 e. The van der Waals surface area contributed by atoms with Gasteiger partial charge in [-0.1, -0.05) is 23.3 Å². The average Bonchev–Trinajstić information content (AvgIpc) is 2.26. The number of nitrogen functional groups attached to an aromatic ring is 1. The molecular weight excluding hydrogens is 249 g/mol. The minimum atomic E-state index is -4.77. The number of anilines is 1. The van der Waals surface area contributed by atoms with E-state index >= 15 is 0 Å². The number of rotatable bonds is 4. The van der Waals surface area contributed by atoms with Gasteiger partial charge in [0.1, 0.15) is 0 Å². The summed E-state index contributed by atoms with van der Waals surface area (Å²) in [6.07, 6.45) is -1.64. The van der Waals surface area contributed by atoms with Gasteiger partial charge in [0.15, 0.2) is 5.75 Å². The summed E-state index contributed by atoms with van der Waals surface area (Å²) in [6, 6.07) is 3.85. The number of ether oxygens (including phenoxy) is 1. The molecule has 96 valence electrons. The predicted octanol–water partition coefficient (Wildman–Crippen LogP) is 3.49. The van der Waals surface area contributed by atoms with Gasteiger partial charge in [0.25, 0.3) is 0 Å². The molecule has 0 aliphatic rings. The zero-order valence-electron chi connectivity index (χ0n) is 9.05. The van der Waals surface area contributed by atoms with Gasteiger partial charge in [-0.25, -0.2) is 0 Å². The maximum Gasteiger partial charge on any atom is 0.573 e. The van der Waals surface area contributed by atoms with Crippen LogP contribution in [0.1, 0.15) is 5.56 Å². The third-order valence-electron chi connectivity index (χ3n) is 1.82.